The van der Waals surface area contributed by atoms with Gasteiger partial charge in [0.25, 0.3) is 5.91 Å². The molecule has 53 heavy (non-hydrogen) atoms. The van der Waals surface area contributed by atoms with Crippen molar-refractivity contribution in [2.24, 2.45) is 0 Å². The Hall–Kier alpha value is -5.75. The second-order valence-electron chi connectivity index (χ2n) is 13.9. The highest BCUT2D eigenvalue weighted by Gasteiger charge is 2.24. The normalized spacial score (nSPS) is 15.5. The maximum atomic E-state index is 13.6. The lowest BCUT2D eigenvalue weighted by atomic mass is 9.94. The molecule has 1 aliphatic carbocycles. The van der Waals surface area contributed by atoms with Gasteiger partial charge >= 0.3 is 0 Å². The minimum Gasteiger partial charge on any atom is -0.493 e. The first-order chi connectivity index (χ1) is 26.0. The third-order valence-corrected chi connectivity index (χ3v) is 10.6. The Labute approximate surface area is 308 Å². The summed E-state index contributed by atoms with van der Waals surface area (Å²) in [6, 6.07) is 26.5. The van der Waals surface area contributed by atoms with Gasteiger partial charge < -0.3 is 28.6 Å². The Morgan fingerprint density at radius 1 is 0.811 bits per heavy atom. The van der Waals surface area contributed by atoms with Gasteiger partial charge in [0.05, 0.1) is 25.3 Å². The number of likely N-dealkylation sites (N-methyl/N-ethyl adjacent to an activating group) is 1. The van der Waals surface area contributed by atoms with Gasteiger partial charge in [0.2, 0.25) is 5.82 Å². The minimum absolute atomic E-state index is 0.0350. The summed E-state index contributed by atoms with van der Waals surface area (Å²) < 4.78 is 20.0. The number of aromatic nitrogens is 6. The van der Waals surface area contributed by atoms with E-state index in [2.05, 4.69) is 55.3 Å². The number of rotatable bonds is 10. The number of nitrogens with zero attached hydrogens (tertiary/aromatic N) is 7. The molecule has 272 valence electrons. The van der Waals surface area contributed by atoms with Gasteiger partial charge in [-0.05, 0) is 109 Å². The number of carbonyl (C=O) groups excluding carboxylic acids is 1. The molecule has 1 saturated carbocycles. The van der Waals surface area contributed by atoms with Crippen molar-refractivity contribution in [2.75, 3.05) is 47.4 Å². The Bertz CT molecular complexity index is 2200. The summed E-state index contributed by atoms with van der Waals surface area (Å²) in [4.78, 5) is 23.0. The molecule has 4 aromatic carbocycles. The van der Waals surface area contributed by atoms with Gasteiger partial charge in [-0.15, -0.1) is 10.2 Å². The number of nitrogens with one attached hydrogen (secondary N) is 1. The zero-order valence-corrected chi connectivity index (χ0v) is 30.4. The number of aromatic amines is 1. The van der Waals surface area contributed by atoms with E-state index in [1.165, 1.54) is 19.3 Å². The van der Waals surface area contributed by atoms with Gasteiger partial charge in [0, 0.05) is 48.9 Å². The SMILES string of the molecule is COc1ccc(-c2ccc(C(=O)N3CCN(C)CC3)cc2COc2ccc(-c3nc4cc(-c5nn[nH]n5)ccc4n3C3CCCCC3)cc2)cc1OC. The number of hydrogen-bond donors (Lipinski definition) is 1. The minimum atomic E-state index is 0.0350. The van der Waals surface area contributed by atoms with Gasteiger partial charge in [-0.1, -0.05) is 31.4 Å². The van der Waals surface area contributed by atoms with Crippen LogP contribution < -0.4 is 14.2 Å². The summed E-state index contributed by atoms with van der Waals surface area (Å²) >= 11 is 0. The van der Waals surface area contributed by atoms with Gasteiger partial charge in [-0.3, -0.25) is 4.79 Å². The fourth-order valence-electron chi connectivity index (χ4n) is 7.62. The summed E-state index contributed by atoms with van der Waals surface area (Å²) in [5.41, 5.74) is 7.35. The van der Waals surface area contributed by atoms with E-state index in [0.29, 0.717) is 42.0 Å². The van der Waals surface area contributed by atoms with Crippen LogP contribution in [0.1, 0.15) is 54.1 Å². The Balaban J connectivity index is 1.09. The second kappa shape index (κ2) is 15.1. The number of fused-ring (bicyclic) bond motifs is 1. The molecule has 1 N–H and O–H groups in total. The quantitative estimate of drug-likeness (QED) is 0.159. The molecular formula is C41H44N8O4. The highest BCUT2D eigenvalue weighted by Crippen LogP contribution is 2.38. The van der Waals surface area contributed by atoms with Gasteiger partial charge in [-0.25, -0.2) is 4.98 Å². The Morgan fingerprint density at radius 3 is 2.30 bits per heavy atom. The van der Waals surface area contributed by atoms with Crippen LogP contribution in [0.15, 0.2) is 78.9 Å². The molecule has 3 heterocycles. The van der Waals surface area contributed by atoms with Crippen molar-refractivity contribution in [3.63, 3.8) is 0 Å². The molecule has 12 heteroatoms. The zero-order valence-electron chi connectivity index (χ0n) is 30.4. The van der Waals surface area contributed by atoms with Crippen molar-refractivity contribution in [3.05, 3.63) is 90.0 Å². The van der Waals surface area contributed by atoms with E-state index in [1.807, 2.05) is 65.6 Å². The number of methoxy groups -OCH3 is 2. The van der Waals surface area contributed by atoms with Crippen LogP contribution in [0.25, 0.3) is 44.9 Å². The van der Waals surface area contributed by atoms with E-state index in [9.17, 15) is 4.79 Å². The maximum absolute atomic E-state index is 13.6. The number of benzene rings is 4. The largest absolute Gasteiger partial charge is 0.493 e. The van der Waals surface area contributed by atoms with Crippen LogP contribution in [-0.4, -0.2) is 93.3 Å². The summed E-state index contributed by atoms with van der Waals surface area (Å²) in [5.74, 6) is 3.53. The Morgan fingerprint density at radius 2 is 1.57 bits per heavy atom. The van der Waals surface area contributed by atoms with E-state index in [-0.39, 0.29) is 12.5 Å². The predicted octanol–water partition coefficient (Wildman–Crippen LogP) is 7.04. The number of H-pyrrole nitrogens is 1. The van der Waals surface area contributed by atoms with Crippen LogP contribution in [0.3, 0.4) is 0 Å². The van der Waals surface area contributed by atoms with Crippen LogP contribution in [0.2, 0.25) is 0 Å². The lowest BCUT2D eigenvalue weighted by Crippen LogP contribution is -2.47. The molecule has 2 aromatic heterocycles. The molecule has 2 fully saturated rings. The number of amides is 1. The topological polar surface area (TPSA) is 124 Å². The molecule has 0 unspecified atom stereocenters. The second-order valence-corrected chi connectivity index (χ2v) is 13.9. The monoisotopic (exact) mass is 712 g/mol. The number of imidazole rings is 1. The average Bonchev–Trinajstić information content (AvgIpc) is 3.89. The molecule has 8 rings (SSSR count). The molecular weight excluding hydrogens is 669 g/mol. The molecule has 0 spiro atoms. The summed E-state index contributed by atoms with van der Waals surface area (Å²) in [6.45, 7) is 3.41. The lowest BCUT2D eigenvalue weighted by molar-refractivity contribution is 0.0664. The first-order valence-corrected chi connectivity index (χ1v) is 18.3. The number of carbonyl (C=O) groups is 1. The number of piperazine rings is 1. The van der Waals surface area contributed by atoms with Crippen LogP contribution in [0.5, 0.6) is 17.2 Å². The Kier molecular flexibility index (Phi) is 9.77. The van der Waals surface area contributed by atoms with Crippen molar-refractivity contribution in [2.45, 2.75) is 44.8 Å². The van der Waals surface area contributed by atoms with E-state index in [4.69, 9.17) is 19.2 Å². The molecule has 12 nitrogen and oxygen atoms in total. The summed E-state index contributed by atoms with van der Waals surface area (Å²) in [6.07, 6.45) is 5.96. The van der Waals surface area contributed by atoms with Gasteiger partial charge in [-0.2, -0.15) is 5.21 Å². The van der Waals surface area contributed by atoms with E-state index >= 15 is 0 Å². The van der Waals surface area contributed by atoms with Crippen LogP contribution in [0.4, 0.5) is 0 Å². The standard InChI is InChI=1S/C41H44N8O4/c1-47-19-21-48(22-20-47)41(50)30-11-16-34(28-13-18-37(51-2)38(25-28)52-3)31(23-30)26-53-33-14-9-27(10-15-33)40-42-35-24-29(39-43-45-46-44-39)12-17-36(35)49(40)32-7-5-4-6-8-32/h9-18,23-25,32H,4-8,19-22,26H2,1-3H3,(H,43,44,45,46). The van der Waals surface area contributed by atoms with Crippen LogP contribution in [0, 0.1) is 0 Å². The number of hydrogen-bond acceptors (Lipinski definition) is 9. The molecule has 6 aromatic rings. The zero-order chi connectivity index (χ0) is 36.3. The van der Waals surface area contributed by atoms with E-state index < -0.39 is 0 Å². The molecule has 0 bridgehead atoms. The number of ether oxygens (including phenoxy) is 3. The molecule has 1 saturated heterocycles. The molecule has 1 aliphatic heterocycles. The summed E-state index contributed by atoms with van der Waals surface area (Å²) in [7, 11) is 5.34. The molecule has 0 atom stereocenters. The summed E-state index contributed by atoms with van der Waals surface area (Å²) in [5, 5.41) is 14.6. The average molecular weight is 713 g/mol. The number of tetrazole rings is 1. The van der Waals surface area contributed by atoms with E-state index in [1.54, 1.807) is 14.2 Å². The third-order valence-electron chi connectivity index (χ3n) is 10.6. The lowest BCUT2D eigenvalue weighted by Gasteiger charge is -2.32. The smallest absolute Gasteiger partial charge is 0.253 e. The van der Waals surface area contributed by atoms with Crippen molar-refractivity contribution in [3.8, 4) is 51.2 Å². The highest BCUT2D eigenvalue weighted by molar-refractivity contribution is 5.95. The third kappa shape index (κ3) is 7.06. The van der Waals surface area contributed by atoms with Crippen LogP contribution >= 0.6 is 0 Å². The van der Waals surface area contributed by atoms with Crippen molar-refractivity contribution >= 4 is 16.9 Å². The fraction of sp³-hybridized carbons (Fsp3) is 0.341. The molecule has 1 amide bonds. The molecule has 0 radical (unpaired) electrons. The first-order valence-electron chi connectivity index (χ1n) is 18.3. The van der Waals surface area contributed by atoms with E-state index in [0.717, 1.165) is 76.4 Å². The van der Waals surface area contributed by atoms with Crippen molar-refractivity contribution in [1.82, 2.24) is 40.0 Å². The van der Waals surface area contributed by atoms with Crippen molar-refractivity contribution in [1.29, 1.82) is 0 Å². The van der Waals surface area contributed by atoms with Gasteiger partial charge in [0.1, 0.15) is 18.2 Å². The van der Waals surface area contributed by atoms with Crippen LogP contribution in [-0.2, 0) is 6.61 Å². The van der Waals surface area contributed by atoms with Gasteiger partial charge in [0.15, 0.2) is 11.5 Å². The first kappa shape index (κ1) is 34.3. The highest BCUT2D eigenvalue weighted by atomic mass is 16.5. The maximum Gasteiger partial charge on any atom is 0.253 e. The van der Waals surface area contributed by atoms with Crippen molar-refractivity contribution < 1.29 is 19.0 Å². The molecule has 2 aliphatic rings. The fourth-order valence-corrected chi connectivity index (χ4v) is 7.62. The predicted molar refractivity (Wildman–Crippen MR) is 203 cm³/mol.